The highest BCUT2D eigenvalue weighted by atomic mass is 32.2. The smallest absolute Gasteiger partial charge is 0.339 e. The Labute approximate surface area is 179 Å². The molecule has 0 aliphatic rings. The van der Waals surface area contributed by atoms with Gasteiger partial charge >= 0.3 is 10.1 Å². The zero-order valence-corrected chi connectivity index (χ0v) is 17.6. The molecule has 9 heteroatoms. The molecule has 3 aromatic carbocycles. The Hall–Kier alpha value is -3.72. The van der Waals surface area contributed by atoms with Gasteiger partial charge in [-0.25, -0.2) is 0 Å². The van der Waals surface area contributed by atoms with E-state index in [4.69, 9.17) is 4.18 Å². The van der Waals surface area contributed by atoms with Crippen LogP contribution in [0, 0.1) is 10.1 Å². The summed E-state index contributed by atoms with van der Waals surface area (Å²) in [5, 5.41) is 13.7. The van der Waals surface area contributed by atoms with Gasteiger partial charge in [0.05, 0.1) is 4.92 Å². The molecule has 0 heterocycles. The lowest BCUT2D eigenvalue weighted by molar-refractivity contribution is -0.385. The van der Waals surface area contributed by atoms with E-state index in [2.05, 4.69) is 5.32 Å². The van der Waals surface area contributed by atoms with Gasteiger partial charge in [0.25, 0.3) is 11.6 Å². The summed E-state index contributed by atoms with van der Waals surface area (Å²) in [6, 6.07) is 17.6. The fraction of sp³-hybridized carbons (Fsp3) is 0.136. The minimum absolute atomic E-state index is 0.0226. The first-order valence-corrected chi connectivity index (χ1v) is 10.8. The van der Waals surface area contributed by atoms with Gasteiger partial charge in [0.1, 0.15) is 10.6 Å². The van der Waals surface area contributed by atoms with Crippen molar-refractivity contribution in [2.75, 3.05) is 5.32 Å². The normalized spacial score (nSPS) is 11.2. The number of nitrogens with one attached hydrogen (secondary N) is 1. The lowest BCUT2D eigenvalue weighted by atomic mass is 10.0. The van der Waals surface area contributed by atoms with Crippen LogP contribution in [0.25, 0.3) is 0 Å². The second kappa shape index (κ2) is 8.97. The molecule has 31 heavy (non-hydrogen) atoms. The highest BCUT2D eigenvalue weighted by Crippen LogP contribution is 2.25. The maximum absolute atomic E-state index is 12.6. The summed E-state index contributed by atoms with van der Waals surface area (Å²) < 4.78 is 29.9. The van der Waals surface area contributed by atoms with Crippen LogP contribution in [-0.2, 0) is 10.1 Å². The molecule has 0 saturated carbocycles. The minimum atomic E-state index is -4.27. The Morgan fingerprint density at radius 1 is 1.00 bits per heavy atom. The molecule has 0 saturated heterocycles. The lowest BCUT2D eigenvalue weighted by Crippen LogP contribution is -2.14. The van der Waals surface area contributed by atoms with Crippen molar-refractivity contribution >= 4 is 27.4 Å². The van der Waals surface area contributed by atoms with Crippen LogP contribution < -0.4 is 9.50 Å². The topological polar surface area (TPSA) is 116 Å². The summed E-state index contributed by atoms with van der Waals surface area (Å²) in [5.74, 6) is -0.141. The van der Waals surface area contributed by atoms with Crippen molar-refractivity contribution in [3.8, 4) is 5.75 Å². The lowest BCUT2D eigenvalue weighted by Gasteiger charge is -2.14. The maximum atomic E-state index is 12.6. The number of carbonyl (C=O) groups excluding carboxylic acids is 1. The van der Waals surface area contributed by atoms with Crippen molar-refractivity contribution in [1.29, 1.82) is 0 Å². The van der Waals surface area contributed by atoms with Crippen LogP contribution in [0.5, 0.6) is 5.75 Å². The monoisotopic (exact) mass is 440 g/mol. The van der Waals surface area contributed by atoms with Crippen LogP contribution >= 0.6 is 0 Å². The van der Waals surface area contributed by atoms with E-state index in [-0.39, 0.29) is 28.2 Å². The van der Waals surface area contributed by atoms with E-state index in [0.29, 0.717) is 11.3 Å². The van der Waals surface area contributed by atoms with Gasteiger partial charge in [0.15, 0.2) is 0 Å². The number of nitrogens with zero attached hydrogens (tertiary/aromatic N) is 1. The van der Waals surface area contributed by atoms with Gasteiger partial charge in [0, 0.05) is 23.4 Å². The predicted octanol–water partition coefficient (Wildman–Crippen LogP) is 4.74. The van der Waals surface area contributed by atoms with Crippen LogP contribution in [-0.4, -0.2) is 19.2 Å². The van der Waals surface area contributed by atoms with Crippen molar-refractivity contribution in [1.82, 2.24) is 0 Å². The third-order valence-corrected chi connectivity index (χ3v) is 5.71. The molecule has 1 N–H and O–H groups in total. The summed E-state index contributed by atoms with van der Waals surface area (Å²) in [6.45, 7) is 4.05. The van der Waals surface area contributed by atoms with E-state index in [1.54, 1.807) is 0 Å². The molecule has 0 radical (unpaired) electrons. The number of hydrogen-bond acceptors (Lipinski definition) is 6. The average Bonchev–Trinajstić information content (AvgIpc) is 2.74. The number of para-hydroxylation sites is 1. The summed E-state index contributed by atoms with van der Waals surface area (Å²) in [6.07, 6.45) is 0. The molecule has 160 valence electrons. The molecular formula is C22H20N2O6S. The van der Waals surface area contributed by atoms with E-state index >= 15 is 0 Å². The predicted molar refractivity (Wildman–Crippen MR) is 116 cm³/mol. The van der Waals surface area contributed by atoms with Gasteiger partial charge in [-0.05, 0) is 47.9 Å². The van der Waals surface area contributed by atoms with Crippen molar-refractivity contribution in [2.24, 2.45) is 0 Å². The summed E-state index contributed by atoms with van der Waals surface area (Å²) >= 11 is 0. The van der Waals surface area contributed by atoms with Gasteiger partial charge in [-0.3, -0.25) is 14.9 Å². The van der Waals surface area contributed by atoms with Crippen molar-refractivity contribution in [3.05, 3.63) is 94.0 Å². The molecular weight excluding hydrogens is 420 g/mol. The molecule has 0 bridgehead atoms. The zero-order valence-electron chi connectivity index (χ0n) is 16.8. The van der Waals surface area contributed by atoms with Crippen LogP contribution in [0.2, 0.25) is 0 Å². The largest absolute Gasteiger partial charge is 0.379 e. The quantitative estimate of drug-likeness (QED) is 0.322. The Kier molecular flexibility index (Phi) is 6.36. The molecule has 8 nitrogen and oxygen atoms in total. The summed E-state index contributed by atoms with van der Waals surface area (Å²) in [7, 11) is -4.27. The van der Waals surface area contributed by atoms with Gasteiger partial charge in [-0.2, -0.15) is 8.42 Å². The number of nitro groups is 1. The number of nitro benzene ring substituents is 1. The highest BCUT2D eigenvalue weighted by Gasteiger charge is 2.20. The number of amides is 1. The van der Waals surface area contributed by atoms with Crippen LogP contribution in [0.15, 0.2) is 77.7 Å². The van der Waals surface area contributed by atoms with Crippen LogP contribution in [0.4, 0.5) is 11.4 Å². The minimum Gasteiger partial charge on any atom is -0.379 e. The van der Waals surface area contributed by atoms with Crippen molar-refractivity contribution in [3.63, 3.8) is 0 Å². The maximum Gasteiger partial charge on any atom is 0.339 e. The fourth-order valence-corrected chi connectivity index (χ4v) is 3.87. The molecule has 3 rings (SSSR count). The van der Waals surface area contributed by atoms with Gasteiger partial charge < -0.3 is 9.50 Å². The number of anilines is 1. The Balaban J connectivity index is 1.75. The van der Waals surface area contributed by atoms with Gasteiger partial charge in [-0.15, -0.1) is 0 Å². The van der Waals surface area contributed by atoms with Crippen molar-refractivity contribution in [2.45, 2.75) is 24.7 Å². The number of benzene rings is 3. The third kappa shape index (κ3) is 5.26. The highest BCUT2D eigenvalue weighted by molar-refractivity contribution is 7.87. The molecule has 0 unspecified atom stereocenters. The van der Waals surface area contributed by atoms with E-state index in [1.807, 2.05) is 38.1 Å². The van der Waals surface area contributed by atoms with Gasteiger partial charge in [-0.1, -0.05) is 38.1 Å². The van der Waals surface area contributed by atoms with Gasteiger partial charge in [0.2, 0.25) is 0 Å². The third-order valence-electron chi connectivity index (χ3n) is 4.47. The molecule has 0 aliphatic heterocycles. The number of non-ortho nitro benzene ring substituents is 1. The molecule has 0 fully saturated rings. The molecule has 0 aliphatic carbocycles. The van der Waals surface area contributed by atoms with E-state index in [0.717, 1.165) is 11.6 Å². The fourth-order valence-electron chi connectivity index (χ4n) is 2.90. The first-order valence-electron chi connectivity index (χ1n) is 9.36. The molecule has 3 aromatic rings. The van der Waals surface area contributed by atoms with E-state index in [1.165, 1.54) is 42.5 Å². The molecule has 1 amide bonds. The van der Waals surface area contributed by atoms with Crippen molar-refractivity contribution < 1.29 is 22.3 Å². The van der Waals surface area contributed by atoms with E-state index < -0.39 is 15.0 Å². The number of carbonyl (C=O) groups is 1. The zero-order chi connectivity index (χ0) is 22.6. The van der Waals surface area contributed by atoms with E-state index in [9.17, 15) is 23.3 Å². The Morgan fingerprint density at radius 2 is 1.68 bits per heavy atom. The SMILES string of the molecule is CC(C)c1ccccc1NC(=O)c1ccc(OS(=O)(=O)c2cccc([N+](=O)[O-])c2)cc1. The van der Waals surface area contributed by atoms with Crippen LogP contribution in [0.3, 0.4) is 0 Å². The Morgan fingerprint density at radius 3 is 2.32 bits per heavy atom. The Bertz CT molecular complexity index is 1220. The number of rotatable bonds is 7. The average molecular weight is 440 g/mol. The molecule has 0 aromatic heterocycles. The second-order valence-corrected chi connectivity index (χ2v) is 8.56. The first-order chi connectivity index (χ1) is 14.7. The van der Waals surface area contributed by atoms with Crippen LogP contribution in [0.1, 0.15) is 35.7 Å². The summed E-state index contributed by atoms with van der Waals surface area (Å²) in [4.78, 5) is 22.4. The molecule has 0 spiro atoms. The second-order valence-electron chi connectivity index (χ2n) is 7.01. The molecule has 0 atom stereocenters. The standard InChI is InChI=1S/C22H20N2O6S/c1-15(2)20-8-3-4-9-21(20)23-22(25)16-10-12-18(13-11-16)30-31(28,29)19-7-5-6-17(14-19)24(26)27/h3-15H,1-2H3,(H,23,25). The summed E-state index contributed by atoms with van der Waals surface area (Å²) in [5.41, 5.74) is 1.66. The number of hydrogen-bond donors (Lipinski definition) is 1. The first kappa shape index (κ1) is 22.0.